The largest absolute Gasteiger partial charge is 0.355 e. The maximum atomic E-state index is 11.6. The van der Waals surface area contributed by atoms with Crippen LogP contribution in [0.2, 0.25) is 0 Å². The van der Waals surface area contributed by atoms with Crippen molar-refractivity contribution >= 4 is 5.82 Å². The number of H-pyrrole nitrogens is 1. The van der Waals surface area contributed by atoms with Gasteiger partial charge in [0.15, 0.2) is 0 Å². The lowest BCUT2D eigenvalue weighted by molar-refractivity contribution is 0.260. The fraction of sp³-hybridized carbons (Fsp3) is 0.500. The Kier molecular flexibility index (Phi) is 4.06. The monoisotopic (exact) mass is 325 g/mol. The molecule has 0 aliphatic carbocycles. The molecule has 1 unspecified atom stereocenters. The van der Waals surface area contributed by atoms with E-state index < -0.39 is 0 Å². The Morgan fingerprint density at radius 3 is 2.75 bits per heavy atom. The van der Waals surface area contributed by atoms with Gasteiger partial charge in [0.25, 0.3) is 5.56 Å². The zero-order valence-electron chi connectivity index (χ0n) is 14.0. The second-order valence-corrected chi connectivity index (χ2v) is 6.77. The molecule has 2 saturated heterocycles. The van der Waals surface area contributed by atoms with Crippen molar-refractivity contribution in [2.75, 3.05) is 31.1 Å². The lowest BCUT2D eigenvalue weighted by Gasteiger charge is -2.24. The molecule has 2 aliphatic heterocycles. The molecule has 0 aromatic carbocycles. The van der Waals surface area contributed by atoms with Crippen molar-refractivity contribution in [1.29, 1.82) is 0 Å². The van der Waals surface area contributed by atoms with Crippen molar-refractivity contribution < 1.29 is 0 Å². The van der Waals surface area contributed by atoms with Gasteiger partial charge in [0.2, 0.25) is 0 Å². The number of anilines is 1. The first-order valence-electron chi connectivity index (χ1n) is 8.72. The smallest absolute Gasteiger partial charge is 0.251 e. The van der Waals surface area contributed by atoms with Gasteiger partial charge in [0, 0.05) is 42.7 Å². The number of rotatable bonds is 3. The summed E-state index contributed by atoms with van der Waals surface area (Å²) in [6.45, 7) is 6.44. The van der Waals surface area contributed by atoms with Gasteiger partial charge >= 0.3 is 0 Å². The number of hydrogen-bond acceptors (Lipinski definition) is 5. The zero-order chi connectivity index (χ0) is 16.5. The number of hydrogen-bond donors (Lipinski definition) is 1. The highest BCUT2D eigenvalue weighted by molar-refractivity contribution is 5.56. The first-order chi connectivity index (χ1) is 11.7. The van der Waals surface area contributed by atoms with Crippen LogP contribution in [0.5, 0.6) is 0 Å². The molecule has 2 aromatic rings. The Balaban J connectivity index is 1.49. The molecule has 2 aliphatic rings. The summed E-state index contributed by atoms with van der Waals surface area (Å²) in [4.78, 5) is 28.3. The number of nitrogens with one attached hydrogen (secondary N) is 1. The van der Waals surface area contributed by atoms with Crippen molar-refractivity contribution in [3.8, 4) is 11.4 Å². The van der Waals surface area contributed by atoms with Crippen molar-refractivity contribution in [1.82, 2.24) is 19.9 Å². The average molecular weight is 325 g/mol. The summed E-state index contributed by atoms with van der Waals surface area (Å²) < 4.78 is 0. The van der Waals surface area contributed by atoms with Crippen LogP contribution in [0.25, 0.3) is 11.4 Å². The Labute approximate surface area is 141 Å². The molecular weight excluding hydrogens is 302 g/mol. The molecule has 1 atom stereocenters. The van der Waals surface area contributed by atoms with Gasteiger partial charge in [-0.2, -0.15) is 0 Å². The molecule has 0 spiro atoms. The van der Waals surface area contributed by atoms with Crippen LogP contribution in [-0.4, -0.2) is 52.1 Å². The molecule has 24 heavy (non-hydrogen) atoms. The number of likely N-dealkylation sites (tertiary alicyclic amines) is 1. The van der Waals surface area contributed by atoms with Crippen LogP contribution in [-0.2, 0) is 0 Å². The van der Waals surface area contributed by atoms with Gasteiger partial charge in [0.1, 0.15) is 11.6 Å². The predicted molar refractivity (Wildman–Crippen MR) is 94.3 cm³/mol. The van der Waals surface area contributed by atoms with Gasteiger partial charge in [-0.3, -0.25) is 9.69 Å². The lowest BCUT2D eigenvalue weighted by atomic mass is 10.2. The SMILES string of the molecule is Cc1cc(=O)[nH]c(-c2ccc(N3CCC(N4CCCC4)C3)nc2)n1. The highest BCUT2D eigenvalue weighted by atomic mass is 16.1. The number of aromatic nitrogens is 3. The van der Waals surface area contributed by atoms with E-state index >= 15 is 0 Å². The average Bonchev–Trinajstić information content (AvgIpc) is 3.25. The molecule has 6 heteroatoms. The number of aryl methyl sites for hydroxylation is 1. The molecule has 0 bridgehead atoms. The van der Waals surface area contributed by atoms with Gasteiger partial charge in [0.05, 0.1) is 0 Å². The second-order valence-electron chi connectivity index (χ2n) is 6.77. The minimum Gasteiger partial charge on any atom is -0.355 e. The van der Waals surface area contributed by atoms with Gasteiger partial charge in [-0.1, -0.05) is 0 Å². The van der Waals surface area contributed by atoms with Crippen LogP contribution in [0.3, 0.4) is 0 Å². The van der Waals surface area contributed by atoms with E-state index in [9.17, 15) is 4.79 Å². The van der Waals surface area contributed by atoms with E-state index in [1.165, 1.54) is 38.4 Å². The van der Waals surface area contributed by atoms with Crippen LogP contribution in [0.1, 0.15) is 25.0 Å². The zero-order valence-corrected chi connectivity index (χ0v) is 14.0. The van der Waals surface area contributed by atoms with E-state index in [0.29, 0.717) is 17.6 Å². The van der Waals surface area contributed by atoms with Gasteiger partial charge in [-0.05, 0) is 51.4 Å². The topological polar surface area (TPSA) is 65.1 Å². The molecular formula is C18H23N5O. The third kappa shape index (κ3) is 3.06. The lowest BCUT2D eigenvalue weighted by Crippen LogP contribution is -2.35. The van der Waals surface area contributed by atoms with Crippen molar-refractivity contribution in [2.45, 2.75) is 32.2 Å². The Hall–Kier alpha value is -2.21. The van der Waals surface area contributed by atoms with E-state index in [4.69, 9.17) is 0 Å². The summed E-state index contributed by atoms with van der Waals surface area (Å²) in [6, 6.07) is 6.19. The first-order valence-corrected chi connectivity index (χ1v) is 8.72. The van der Waals surface area contributed by atoms with Crippen LogP contribution in [0.15, 0.2) is 29.2 Å². The summed E-state index contributed by atoms with van der Waals surface area (Å²) >= 11 is 0. The summed E-state index contributed by atoms with van der Waals surface area (Å²) in [5.74, 6) is 1.59. The molecule has 6 nitrogen and oxygen atoms in total. The van der Waals surface area contributed by atoms with E-state index in [-0.39, 0.29) is 5.56 Å². The quantitative estimate of drug-likeness (QED) is 0.932. The molecule has 0 radical (unpaired) electrons. The van der Waals surface area contributed by atoms with Crippen LogP contribution in [0.4, 0.5) is 5.82 Å². The molecule has 4 rings (SSSR count). The minimum absolute atomic E-state index is 0.130. The summed E-state index contributed by atoms with van der Waals surface area (Å²) in [5.41, 5.74) is 1.43. The molecule has 2 fully saturated rings. The third-order valence-corrected chi connectivity index (χ3v) is 5.04. The Bertz CT molecular complexity index is 764. The van der Waals surface area contributed by atoms with Crippen LogP contribution >= 0.6 is 0 Å². The highest BCUT2D eigenvalue weighted by Crippen LogP contribution is 2.25. The summed E-state index contributed by atoms with van der Waals surface area (Å²) in [6.07, 6.45) is 5.70. The van der Waals surface area contributed by atoms with E-state index in [0.717, 1.165) is 24.5 Å². The van der Waals surface area contributed by atoms with E-state index in [1.807, 2.05) is 19.1 Å². The van der Waals surface area contributed by atoms with Crippen molar-refractivity contribution in [3.63, 3.8) is 0 Å². The number of nitrogens with zero attached hydrogens (tertiary/aromatic N) is 4. The second kappa shape index (κ2) is 6.36. The summed E-state index contributed by atoms with van der Waals surface area (Å²) in [5, 5.41) is 0. The minimum atomic E-state index is -0.130. The predicted octanol–water partition coefficient (Wildman–Crippen LogP) is 1.81. The fourth-order valence-electron chi connectivity index (χ4n) is 3.78. The molecule has 2 aromatic heterocycles. The van der Waals surface area contributed by atoms with E-state index in [2.05, 4.69) is 24.8 Å². The van der Waals surface area contributed by atoms with Crippen LogP contribution < -0.4 is 10.5 Å². The van der Waals surface area contributed by atoms with E-state index in [1.54, 1.807) is 6.20 Å². The first kappa shape index (κ1) is 15.3. The normalized spacial score (nSPS) is 21.5. The Morgan fingerprint density at radius 1 is 1.21 bits per heavy atom. The Morgan fingerprint density at radius 2 is 2.04 bits per heavy atom. The maximum Gasteiger partial charge on any atom is 0.251 e. The van der Waals surface area contributed by atoms with Gasteiger partial charge in [-0.25, -0.2) is 9.97 Å². The van der Waals surface area contributed by atoms with Gasteiger partial charge < -0.3 is 9.88 Å². The highest BCUT2D eigenvalue weighted by Gasteiger charge is 2.29. The van der Waals surface area contributed by atoms with Crippen molar-refractivity contribution in [2.24, 2.45) is 0 Å². The molecule has 1 N–H and O–H groups in total. The third-order valence-electron chi connectivity index (χ3n) is 5.04. The number of aromatic amines is 1. The van der Waals surface area contributed by atoms with Crippen molar-refractivity contribution in [3.05, 3.63) is 40.4 Å². The van der Waals surface area contributed by atoms with Crippen LogP contribution in [0, 0.1) is 6.92 Å². The molecule has 0 saturated carbocycles. The molecule has 0 amide bonds. The fourth-order valence-corrected chi connectivity index (χ4v) is 3.78. The summed E-state index contributed by atoms with van der Waals surface area (Å²) in [7, 11) is 0. The standard InChI is InChI=1S/C18H23N5O/c1-13-10-17(24)21-18(20-13)14-4-5-16(19-11-14)23-9-6-15(12-23)22-7-2-3-8-22/h4-5,10-11,15H,2-3,6-9,12H2,1H3,(H,20,21,24). The molecule has 4 heterocycles. The van der Waals surface area contributed by atoms with Gasteiger partial charge in [-0.15, -0.1) is 0 Å². The molecule has 126 valence electrons. The number of pyridine rings is 1. The maximum absolute atomic E-state index is 11.6.